The van der Waals surface area contributed by atoms with Crippen molar-refractivity contribution < 1.29 is 0 Å². The van der Waals surface area contributed by atoms with E-state index in [1.54, 1.807) is 6.20 Å². The summed E-state index contributed by atoms with van der Waals surface area (Å²) in [5, 5.41) is 0. The van der Waals surface area contributed by atoms with Crippen LogP contribution in [-0.4, -0.2) is 23.1 Å². The highest BCUT2D eigenvalue weighted by Crippen LogP contribution is 2.19. The molecule has 0 aliphatic rings. The largest absolute Gasteiger partial charge is 0.393 e. The number of hydrogen-bond donors (Lipinski definition) is 1. The summed E-state index contributed by atoms with van der Waals surface area (Å²) >= 11 is 4.91. The second-order valence-electron chi connectivity index (χ2n) is 3.79. The van der Waals surface area contributed by atoms with E-state index in [2.05, 4.69) is 16.8 Å². The van der Waals surface area contributed by atoms with E-state index in [0.29, 0.717) is 11.0 Å². The summed E-state index contributed by atoms with van der Waals surface area (Å²) in [5.74, 6) is 0. The number of pyridine rings is 1. The normalized spacial score (nSPS) is 12.2. The first-order valence-electron chi connectivity index (χ1n) is 4.94. The summed E-state index contributed by atoms with van der Waals surface area (Å²) < 4.78 is 0. The van der Waals surface area contributed by atoms with E-state index in [-0.39, 0.29) is 0 Å². The van der Waals surface area contributed by atoms with Crippen LogP contribution in [0.4, 0.5) is 5.69 Å². The van der Waals surface area contributed by atoms with Crippen molar-refractivity contribution >= 4 is 22.9 Å². The topological polar surface area (TPSA) is 42.2 Å². The first-order chi connectivity index (χ1) is 7.02. The second kappa shape index (κ2) is 5.07. The Balaban J connectivity index is 2.80. The van der Waals surface area contributed by atoms with E-state index in [1.807, 2.05) is 26.2 Å². The number of hydrogen-bond acceptors (Lipinski definition) is 3. The Morgan fingerprint density at radius 2 is 2.33 bits per heavy atom. The fourth-order valence-electron chi connectivity index (χ4n) is 1.53. The van der Waals surface area contributed by atoms with Gasteiger partial charge in [0.25, 0.3) is 0 Å². The maximum absolute atomic E-state index is 5.54. The Kier molecular flexibility index (Phi) is 4.03. The fraction of sp³-hybridized carbons (Fsp3) is 0.455. The molecule has 1 unspecified atom stereocenters. The molecule has 0 amide bonds. The summed E-state index contributed by atoms with van der Waals surface area (Å²) in [6.45, 7) is 4.16. The molecule has 1 rings (SSSR count). The summed E-state index contributed by atoms with van der Waals surface area (Å²) in [7, 11) is 2.05. The summed E-state index contributed by atoms with van der Waals surface area (Å²) in [4.78, 5) is 6.80. The predicted molar refractivity (Wildman–Crippen MR) is 68.2 cm³/mol. The van der Waals surface area contributed by atoms with Gasteiger partial charge in [-0.25, -0.2) is 0 Å². The smallest absolute Gasteiger partial charge is 0.0747 e. The average molecular weight is 223 g/mol. The summed E-state index contributed by atoms with van der Waals surface area (Å²) in [6, 6.07) is 2.31. The van der Waals surface area contributed by atoms with Crippen molar-refractivity contribution in [1.29, 1.82) is 0 Å². The molecule has 3 nitrogen and oxygen atoms in total. The van der Waals surface area contributed by atoms with Gasteiger partial charge in [0.2, 0.25) is 0 Å². The van der Waals surface area contributed by atoms with Crippen LogP contribution < -0.4 is 10.6 Å². The first-order valence-corrected chi connectivity index (χ1v) is 5.35. The van der Waals surface area contributed by atoms with Gasteiger partial charge in [0, 0.05) is 37.6 Å². The highest BCUT2D eigenvalue weighted by Gasteiger charge is 2.12. The van der Waals surface area contributed by atoms with E-state index < -0.39 is 0 Å². The Bertz CT molecular complexity index is 351. The number of thiocarbonyl (C=S) groups is 1. The minimum absolute atomic E-state index is 0.309. The Morgan fingerprint density at radius 3 is 2.87 bits per heavy atom. The molecule has 0 bridgehead atoms. The minimum atomic E-state index is 0.309. The van der Waals surface area contributed by atoms with Crippen molar-refractivity contribution in [1.82, 2.24) is 4.98 Å². The monoisotopic (exact) mass is 223 g/mol. The maximum atomic E-state index is 5.54. The molecular weight excluding hydrogens is 206 g/mol. The van der Waals surface area contributed by atoms with Gasteiger partial charge in [-0.1, -0.05) is 12.2 Å². The van der Waals surface area contributed by atoms with Crippen LogP contribution in [0.15, 0.2) is 18.5 Å². The molecule has 0 aliphatic heterocycles. The highest BCUT2D eigenvalue weighted by molar-refractivity contribution is 7.80. The van der Waals surface area contributed by atoms with Gasteiger partial charge in [-0.05, 0) is 25.5 Å². The van der Waals surface area contributed by atoms with Crippen molar-refractivity contribution in [2.24, 2.45) is 5.73 Å². The van der Waals surface area contributed by atoms with Crippen molar-refractivity contribution in [3.63, 3.8) is 0 Å². The zero-order chi connectivity index (χ0) is 11.4. The molecule has 1 heterocycles. The van der Waals surface area contributed by atoms with Crippen molar-refractivity contribution in [2.45, 2.75) is 26.3 Å². The van der Waals surface area contributed by atoms with Crippen LogP contribution in [0.2, 0.25) is 0 Å². The molecule has 1 aromatic heterocycles. The third kappa shape index (κ3) is 3.16. The van der Waals surface area contributed by atoms with Gasteiger partial charge in [-0.3, -0.25) is 4.98 Å². The molecule has 0 radical (unpaired) electrons. The third-order valence-corrected chi connectivity index (χ3v) is 2.70. The molecule has 4 heteroatoms. The van der Waals surface area contributed by atoms with Gasteiger partial charge < -0.3 is 10.6 Å². The van der Waals surface area contributed by atoms with E-state index in [9.17, 15) is 0 Å². The predicted octanol–water partition coefficient (Wildman–Crippen LogP) is 1.89. The number of nitrogens with zero attached hydrogens (tertiary/aromatic N) is 2. The lowest BCUT2D eigenvalue weighted by Crippen LogP contribution is -2.32. The fourth-order valence-corrected chi connectivity index (χ4v) is 1.77. The maximum Gasteiger partial charge on any atom is 0.0747 e. The van der Waals surface area contributed by atoms with Gasteiger partial charge in [0.15, 0.2) is 0 Å². The van der Waals surface area contributed by atoms with Crippen LogP contribution >= 0.6 is 12.2 Å². The van der Waals surface area contributed by atoms with Gasteiger partial charge in [-0.2, -0.15) is 0 Å². The van der Waals surface area contributed by atoms with Crippen LogP contribution in [0.3, 0.4) is 0 Å². The second-order valence-corrected chi connectivity index (χ2v) is 4.32. The summed E-state index contributed by atoms with van der Waals surface area (Å²) in [5.41, 5.74) is 7.88. The molecule has 0 aliphatic carbocycles. The number of aryl methyl sites for hydroxylation is 1. The Labute approximate surface area is 96.3 Å². The molecule has 82 valence electrons. The molecule has 15 heavy (non-hydrogen) atoms. The number of nitrogens with two attached hydrogens (primary N) is 1. The molecule has 2 N–H and O–H groups in total. The molecule has 0 saturated carbocycles. The number of anilines is 1. The van der Waals surface area contributed by atoms with Crippen LogP contribution in [-0.2, 0) is 0 Å². The highest BCUT2D eigenvalue weighted by atomic mass is 32.1. The van der Waals surface area contributed by atoms with Crippen LogP contribution in [0.25, 0.3) is 0 Å². The Morgan fingerprint density at radius 1 is 1.67 bits per heavy atom. The van der Waals surface area contributed by atoms with E-state index >= 15 is 0 Å². The van der Waals surface area contributed by atoms with Crippen LogP contribution in [0.1, 0.15) is 18.9 Å². The van der Waals surface area contributed by atoms with E-state index in [1.165, 1.54) is 5.69 Å². The van der Waals surface area contributed by atoms with Gasteiger partial charge in [0.05, 0.1) is 4.99 Å². The number of aromatic nitrogens is 1. The third-order valence-electron chi connectivity index (χ3n) is 2.53. The summed E-state index contributed by atoms with van der Waals surface area (Å²) in [6.07, 6.45) is 4.39. The van der Waals surface area contributed by atoms with Gasteiger partial charge >= 0.3 is 0 Å². The number of rotatable bonds is 4. The van der Waals surface area contributed by atoms with Crippen molar-refractivity contribution in [3.8, 4) is 0 Å². The molecular formula is C11H17N3S. The lowest BCUT2D eigenvalue weighted by Gasteiger charge is -2.27. The zero-order valence-corrected chi connectivity index (χ0v) is 10.2. The molecule has 0 spiro atoms. The van der Waals surface area contributed by atoms with E-state index in [0.717, 1.165) is 12.0 Å². The van der Waals surface area contributed by atoms with Crippen LogP contribution in [0.5, 0.6) is 0 Å². The molecule has 0 saturated heterocycles. The SMILES string of the molecule is Cc1cnccc1N(C)C(C)CC(N)=S. The van der Waals surface area contributed by atoms with Crippen molar-refractivity contribution in [2.75, 3.05) is 11.9 Å². The zero-order valence-electron chi connectivity index (χ0n) is 9.40. The first kappa shape index (κ1) is 11.9. The molecule has 1 atom stereocenters. The molecule has 0 fully saturated rings. The molecule has 0 aromatic carbocycles. The lowest BCUT2D eigenvalue weighted by atomic mass is 10.1. The van der Waals surface area contributed by atoms with Crippen LogP contribution in [0, 0.1) is 6.92 Å². The average Bonchev–Trinajstić information content (AvgIpc) is 2.16. The van der Waals surface area contributed by atoms with Gasteiger partial charge in [0.1, 0.15) is 0 Å². The van der Waals surface area contributed by atoms with Gasteiger partial charge in [-0.15, -0.1) is 0 Å². The van der Waals surface area contributed by atoms with Crippen molar-refractivity contribution in [3.05, 3.63) is 24.0 Å². The van der Waals surface area contributed by atoms with E-state index in [4.69, 9.17) is 18.0 Å². The lowest BCUT2D eigenvalue weighted by molar-refractivity contribution is 0.712. The molecule has 1 aromatic rings. The standard InChI is InChI=1S/C11H17N3S/c1-8-7-13-5-4-10(8)14(3)9(2)6-11(12)15/h4-5,7,9H,6H2,1-3H3,(H2,12,15). The quantitative estimate of drug-likeness (QED) is 0.792. The minimum Gasteiger partial charge on any atom is -0.393 e. The Hall–Kier alpha value is -1.16.